The Morgan fingerprint density at radius 2 is 2.27 bits per heavy atom. The molecular formula is C8H14NOS+. The van der Waals surface area contributed by atoms with Crippen molar-refractivity contribution in [2.75, 3.05) is 6.61 Å². The second kappa shape index (κ2) is 3.83. The number of nitrogens with zero attached hydrogens (tertiary/aromatic N) is 1. The second-order valence-electron chi connectivity index (χ2n) is 2.46. The van der Waals surface area contributed by atoms with Crippen molar-refractivity contribution < 1.29 is 9.30 Å². The van der Waals surface area contributed by atoms with Crippen LogP contribution in [-0.2, 0) is 11.5 Å². The van der Waals surface area contributed by atoms with Gasteiger partial charge in [0.2, 0.25) is 5.51 Å². The van der Waals surface area contributed by atoms with Gasteiger partial charge >= 0.3 is 0 Å². The fraction of sp³-hybridized carbons (Fsp3) is 0.625. The van der Waals surface area contributed by atoms with E-state index in [1.807, 2.05) is 6.92 Å². The Hall–Kier alpha value is -0.410. The molecule has 3 heteroatoms. The first-order valence-electron chi connectivity index (χ1n) is 3.77. The Morgan fingerprint density at radius 3 is 2.73 bits per heavy atom. The van der Waals surface area contributed by atoms with Crippen molar-refractivity contribution in [1.82, 2.24) is 0 Å². The molecule has 0 saturated heterocycles. The first kappa shape index (κ1) is 8.68. The molecule has 1 aromatic heterocycles. The Balaban J connectivity index is 2.63. The smallest absolute Gasteiger partial charge is 0.253 e. The van der Waals surface area contributed by atoms with Crippen molar-refractivity contribution in [3.05, 3.63) is 16.1 Å². The van der Waals surface area contributed by atoms with Gasteiger partial charge in [-0.1, -0.05) is 11.3 Å². The lowest BCUT2D eigenvalue weighted by atomic mass is 10.4. The van der Waals surface area contributed by atoms with E-state index in [0.29, 0.717) is 6.73 Å². The molecule has 1 heterocycles. The summed E-state index contributed by atoms with van der Waals surface area (Å²) >= 11 is 1.76. The number of ether oxygens (including phenoxy) is 1. The molecule has 0 saturated carbocycles. The normalized spacial score (nSPS) is 10.5. The molecule has 0 aromatic carbocycles. The fourth-order valence-electron chi connectivity index (χ4n) is 0.826. The maximum atomic E-state index is 5.28. The average molecular weight is 172 g/mol. The molecule has 0 aliphatic rings. The van der Waals surface area contributed by atoms with Crippen molar-refractivity contribution in [3.8, 4) is 0 Å². The predicted octanol–water partition coefficient (Wildman–Crippen LogP) is 1.65. The highest BCUT2D eigenvalue weighted by Crippen LogP contribution is 2.07. The average Bonchev–Trinajstić information content (AvgIpc) is 2.31. The van der Waals surface area contributed by atoms with Crippen LogP contribution in [0.15, 0.2) is 5.51 Å². The van der Waals surface area contributed by atoms with Crippen molar-refractivity contribution in [3.63, 3.8) is 0 Å². The first-order chi connectivity index (χ1) is 5.25. The van der Waals surface area contributed by atoms with Crippen LogP contribution in [0.1, 0.15) is 17.5 Å². The summed E-state index contributed by atoms with van der Waals surface area (Å²) in [6, 6.07) is 0. The van der Waals surface area contributed by atoms with Crippen LogP contribution >= 0.6 is 11.3 Å². The Kier molecular flexibility index (Phi) is 3.02. The van der Waals surface area contributed by atoms with Crippen molar-refractivity contribution in [2.24, 2.45) is 0 Å². The molecule has 11 heavy (non-hydrogen) atoms. The van der Waals surface area contributed by atoms with E-state index < -0.39 is 0 Å². The maximum absolute atomic E-state index is 5.28. The highest BCUT2D eigenvalue weighted by Gasteiger charge is 2.10. The second-order valence-corrected chi connectivity index (χ2v) is 3.52. The van der Waals surface area contributed by atoms with E-state index in [-0.39, 0.29) is 0 Å². The van der Waals surface area contributed by atoms with Crippen LogP contribution in [0.4, 0.5) is 0 Å². The number of rotatable bonds is 3. The van der Waals surface area contributed by atoms with Crippen LogP contribution in [0, 0.1) is 13.8 Å². The fourth-order valence-corrected chi connectivity index (χ4v) is 1.62. The van der Waals surface area contributed by atoms with Crippen LogP contribution in [0.2, 0.25) is 0 Å². The van der Waals surface area contributed by atoms with Gasteiger partial charge in [0.15, 0.2) is 5.69 Å². The van der Waals surface area contributed by atoms with E-state index in [2.05, 4.69) is 23.9 Å². The number of thiazole rings is 1. The van der Waals surface area contributed by atoms with E-state index in [0.717, 1.165) is 6.61 Å². The summed E-state index contributed by atoms with van der Waals surface area (Å²) in [7, 11) is 0. The molecule has 0 atom stereocenters. The molecule has 0 N–H and O–H groups in total. The molecule has 1 rings (SSSR count). The molecule has 0 spiro atoms. The van der Waals surface area contributed by atoms with Gasteiger partial charge in [-0.15, -0.1) is 0 Å². The molecule has 0 fully saturated rings. The molecule has 0 aliphatic carbocycles. The predicted molar refractivity (Wildman–Crippen MR) is 45.6 cm³/mol. The summed E-state index contributed by atoms with van der Waals surface area (Å²) in [5, 5.41) is 0. The summed E-state index contributed by atoms with van der Waals surface area (Å²) in [5.74, 6) is 0. The standard InChI is InChI=1S/C8H14NOS/c1-4-10-5-9-6-11-8(3)7(9)2/h6H,4-5H2,1-3H3/q+1. The van der Waals surface area contributed by atoms with E-state index in [4.69, 9.17) is 4.74 Å². The zero-order chi connectivity index (χ0) is 8.27. The quantitative estimate of drug-likeness (QED) is 0.632. The molecule has 0 amide bonds. The number of hydrogen-bond donors (Lipinski definition) is 0. The van der Waals surface area contributed by atoms with Gasteiger partial charge in [-0.2, -0.15) is 4.57 Å². The minimum Gasteiger partial charge on any atom is -0.324 e. The van der Waals surface area contributed by atoms with Gasteiger partial charge in [0.1, 0.15) is 0 Å². The Bertz CT molecular complexity index is 232. The van der Waals surface area contributed by atoms with E-state index in [9.17, 15) is 0 Å². The van der Waals surface area contributed by atoms with Gasteiger partial charge < -0.3 is 4.74 Å². The van der Waals surface area contributed by atoms with Crippen molar-refractivity contribution in [1.29, 1.82) is 0 Å². The minimum absolute atomic E-state index is 0.687. The van der Waals surface area contributed by atoms with Crippen LogP contribution in [-0.4, -0.2) is 6.61 Å². The summed E-state index contributed by atoms with van der Waals surface area (Å²) in [5.41, 5.74) is 3.41. The summed E-state index contributed by atoms with van der Waals surface area (Å²) in [6.07, 6.45) is 0. The topological polar surface area (TPSA) is 13.1 Å². The number of aromatic nitrogens is 1. The zero-order valence-corrected chi connectivity index (χ0v) is 8.07. The highest BCUT2D eigenvalue weighted by atomic mass is 32.1. The van der Waals surface area contributed by atoms with Gasteiger partial charge in [0, 0.05) is 6.92 Å². The van der Waals surface area contributed by atoms with Gasteiger partial charge in [-0.25, -0.2) is 0 Å². The van der Waals surface area contributed by atoms with Crippen LogP contribution in [0.25, 0.3) is 0 Å². The SMILES string of the molecule is CCOC[n+]1csc(C)c1C. The summed E-state index contributed by atoms with van der Waals surface area (Å²) in [6.45, 7) is 7.72. The van der Waals surface area contributed by atoms with Crippen molar-refractivity contribution in [2.45, 2.75) is 27.5 Å². The molecule has 0 radical (unpaired) electrons. The molecule has 0 aliphatic heterocycles. The largest absolute Gasteiger partial charge is 0.324 e. The van der Waals surface area contributed by atoms with E-state index in [1.54, 1.807) is 11.3 Å². The van der Waals surface area contributed by atoms with Crippen molar-refractivity contribution >= 4 is 11.3 Å². The monoisotopic (exact) mass is 172 g/mol. The van der Waals surface area contributed by atoms with Crippen LogP contribution < -0.4 is 4.57 Å². The van der Waals surface area contributed by atoms with Gasteiger partial charge in [-0.05, 0) is 13.8 Å². The van der Waals surface area contributed by atoms with Gasteiger partial charge in [0.05, 0.1) is 11.5 Å². The maximum Gasteiger partial charge on any atom is 0.253 e. The third kappa shape index (κ3) is 2.01. The Morgan fingerprint density at radius 1 is 1.55 bits per heavy atom. The van der Waals surface area contributed by atoms with Gasteiger partial charge in [-0.3, -0.25) is 0 Å². The van der Waals surface area contributed by atoms with E-state index in [1.165, 1.54) is 10.6 Å². The number of hydrogen-bond acceptors (Lipinski definition) is 2. The van der Waals surface area contributed by atoms with Crippen LogP contribution in [0.5, 0.6) is 0 Å². The van der Waals surface area contributed by atoms with Gasteiger partial charge in [0.25, 0.3) is 6.73 Å². The third-order valence-electron chi connectivity index (χ3n) is 1.73. The molecule has 1 aromatic rings. The number of aryl methyl sites for hydroxylation is 1. The minimum atomic E-state index is 0.687. The lowest BCUT2D eigenvalue weighted by Gasteiger charge is -1.94. The van der Waals surface area contributed by atoms with Crippen LogP contribution in [0.3, 0.4) is 0 Å². The molecular weight excluding hydrogens is 158 g/mol. The lowest BCUT2D eigenvalue weighted by Crippen LogP contribution is -2.35. The molecule has 0 unspecified atom stereocenters. The molecule has 2 nitrogen and oxygen atoms in total. The summed E-state index contributed by atoms with van der Waals surface area (Å²) in [4.78, 5) is 1.37. The van der Waals surface area contributed by atoms with E-state index >= 15 is 0 Å². The molecule has 62 valence electrons. The Labute approximate surface area is 71.4 Å². The first-order valence-corrected chi connectivity index (χ1v) is 4.65. The zero-order valence-electron chi connectivity index (χ0n) is 7.26. The molecule has 0 bridgehead atoms. The lowest BCUT2D eigenvalue weighted by molar-refractivity contribution is -0.733. The highest BCUT2D eigenvalue weighted by molar-refractivity contribution is 7.09. The summed E-state index contributed by atoms with van der Waals surface area (Å²) < 4.78 is 7.41. The third-order valence-corrected chi connectivity index (χ3v) is 2.74.